The van der Waals surface area contributed by atoms with Crippen LogP contribution in [0.5, 0.6) is 5.75 Å². The van der Waals surface area contributed by atoms with Gasteiger partial charge in [-0.25, -0.2) is 4.99 Å². The number of hydrogen-bond acceptors (Lipinski definition) is 5. The van der Waals surface area contributed by atoms with Crippen LogP contribution in [0.1, 0.15) is 29.7 Å². The smallest absolute Gasteiger partial charge is 0.271 e. The minimum absolute atomic E-state index is 0.215. The number of hydrogen-bond donors (Lipinski definition) is 1. The van der Waals surface area contributed by atoms with Gasteiger partial charge in [0.15, 0.2) is 4.80 Å². The second kappa shape index (κ2) is 10.2. The highest BCUT2D eigenvalue weighted by Gasteiger charge is 2.32. The first-order valence-electron chi connectivity index (χ1n) is 11.6. The summed E-state index contributed by atoms with van der Waals surface area (Å²) in [6, 6.07) is 21.6. The number of nitrogens with one attached hydrogen (secondary N) is 1. The Morgan fingerprint density at radius 1 is 1.05 bits per heavy atom. The molecule has 2 heterocycles. The number of halogens is 1. The number of amides is 1. The van der Waals surface area contributed by atoms with Crippen LogP contribution in [-0.2, 0) is 4.79 Å². The number of anilines is 1. The monoisotopic (exact) mass is 529 g/mol. The van der Waals surface area contributed by atoms with E-state index in [2.05, 4.69) is 5.32 Å². The molecule has 0 radical (unpaired) electrons. The molecule has 1 aliphatic heterocycles. The van der Waals surface area contributed by atoms with Crippen molar-refractivity contribution in [2.75, 3.05) is 12.4 Å². The van der Waals surface area contributed by atoms with E-state index in [4.69, 9.17) is 21.3 Å². The lowest BCUT2D eigenvalue weighted by molar-refractivity contribution is -0.113. The van der Waals surface area contributed by atoms with Crippen LogP contribution in [-0.4, -0.2) is 17.6 Å². The Balaban J connectivity index is 1.65. The fourth-order valence-corrected chi connectivity index (χ4v) is 5.50. The number of allylic oxidation sites excluding steroid dienone is 1. The van der Waals surface area contributed by atoms with Gasteiger partial charge in [0.2, 0.25) is 0 Å². The van der Waals surface area contributed by atoms with E-state index in [1.54, 1.807) is 30.7 Å². The standard InChI is InChI=1S/C29H24ClN3O3S/c1-17-6-4-5-7-23(17)32-27(34)25-18(2)31-29-33(26(25)20-10-12-21(30)13-11-20)28(35)24(37-29)16-19-8-14-22(36-3)15-9-19/h4-16,26H,1-3H3,(H,32,34)/b24-16-. The first-order valence-corrected chi connectivity index (χ1v) is 12.8. The molecule has 0 spiro atoms. The number of methoxy groups -OCH3 is 1. The van der Waals surface area contributed by atoms with Crippen LogP contribution >= 0.6 is 22.9 Å². The van der Waals surface area contributed by atoms with Gasteiger partial charge in [-0.15, -0.1) is 0 Å². The van der Waals surface area contributed by atoms with Crippen molar-refractivity contribution in [2.24, 2.45) is 4.99 Å². The Kier molecular flexibility index (Phi) is 6.82. The average molecular weight is 530 g/mol. The Bertz CT molecular complexity index is 1700. The molecule has 186 valence electrons. The summed E-state index contributed by atoms with van der Waals surface area (Å²) in [5.41, 5.74) is 4.04. The zero-order valence-electron chi connectivity index (χ0n) is 20.5. The van der Waals surface area contributed by atoms with E-state index >= 15 is 0 Å². The molecule has 0 fully saturated rings. The summed E-state index contributed by atoms with van der Waals surface area (Å²) < 4.78 is 7.36. The van der Waals surface area contributed by atoms with Crippen LogP contribution in [0.25, 0.3) is 6.08 Å². The molecule has 1 atom stereocenters. The van der Waals surface area contributed by atoms with E-state index in [9.17, 15) is 9.59 Å². The van der Waals surface area contributed by atoms with Crippen molar-refractivity contribution >= 4 is 40.6 Å². The van der Waals surface area contributed by atoms with Crippen molar-refractivity contribution in [2.45, 2.75) is 19.9 Å². The van der Waals surface area contributed by atoms with Gasteiger partial charge in [-0.05, 0) is 66.9 Å². The number of benzene rings is 3. The van der Waals surface area contributed by atoms with Gasteiger partial charge in [-0.1, -0.05) is 65.4 Å². The van der Waals surface area contributed by atoms with Gasteiger partial charge in [0.1, 0.15) is 5.75 Å². The molecule has 1 aliphatic rings. The van der Waals surface area contributed by atoms with E-state index in [-0.39, 0.29) is 11.5 Å². The average Bonchev–Trinajstić information content (AvgIpc) is 3.19. The van der Waals surface area contributed by atoms with Crippen molar-refractivity contribution in [1.82, 2.24) is 4.57 Å². The third kappa shape index (κ3) is 4.88. The van der Waals surface area contributed by atoms with E-state index in [0.717, 1.165) is 22.4 Å². The number of nitrogens with zero attached hydrogens (tertiary/aromatic N) is 2. The van der Waals surface area contributed by atoms with E-state index in [1.165, 1.54) is 11.3 Å². The van der Waals surface area contributed by atoms with Crippen molar-refractivity contribution in [1.29, 1.82) is 0 Å². The predicted molar refractivity (Wildman–Crippen MR) is 148 cm³/mol. The zero-order chi connectivity index (χ0) is 26.1. The molecule has 1 unspecified atom stereocenters. The molecule has 6 nitrogen and oxygen atoms in total. The number of aryl methyl sites for hydroxylation is 1. The van der Waals surface area contributed by atoms with Crippen molar-refractivity contribution in [3.63, 3.8) is 0 Å². The minimum Gasteiger partial charge on any atom is -0.497 e. The second-order valence-corrected chi connectivity index (χ2v) is 10.1. The summed E-state index contributed by atoms with van der Waals surface area (Å²) in [6.07, 6.45) is 1.83. The molecule has 1 N–H and O–H groups in total. The van der Waals surface area contributed by atoms with Crippen LogP contribution in [0.3, 0.4) is 0 Å². The molecule has 0 saturated carbocycles. The molecule has 0 aliphatic carbocycles. The number of carbonyl (C=O) groups is 1. The lowest BCUT2D eigenvalue weighted by Gasteiger charge is -2.25. The SMILES string of the molecule is COc1ccc(/C=c2\sc3n(c2=O)C(c2ccc(Cl)cc2)C(C(=O)Nc2ccccc2C)=C(C)N=3)cc1. The van der Waals surface area contributed by atoms with Gasteiger partial charge in [-0.3, -0.25) is 14.2 Å². The number of rotatable bonds is 5. The summed E-state index contributed by atoms with van der Waals surface area (Å²) in [7, 11) is 1.61. The normalized spacial score (nSPS) is 15.2. The number of carbonyl (C=O) groups excluding carboxylic acids is 1. The molecule has 1 aromatic heterocycles. The quantitative estimate of drug-likeness (QED) is 0.402. The Labute approximate surface area is 222 Å². The van der Waals surface area contributed by atoms with Crippen LogP contribution < -0.4 is 24.9 Å². The highest BCUT2D eigenvalue weighted by atomic mass is 35.5. The Morgan fingerprint density at radius 2 is 1.76 bits per heavy atom. The molecule has 1 amide bonds. The van der Waals surface area contributed by atoms with Gasteiger partial charge in [-0.2, -0.15) is 0 Å². The lowest BCUT2D eigenvalue weighted by atomic mass is 9.95. The maximum atomic E-state index is 13.8. The van der Waals surface area contributed by atoms with Crippen LogP contribution in [0.15, 0.2) is 93.9 Å². The van der Waals surface area contributed by atoms with Gasteiger partial charge in [0, 0.05) is 10.7 Å². The Morgan fingerprint density at radius 3 is 2.43 bits per heavy atom. The summed E-state index contributed by atoms with van der Waals surface area (Å²) >= 11 is 7.46. The highest BCUT2D eigenvalue weighted by molar-refractivity contribution is 7.07. The molecular weight excluding hydrogens is 506 g/mol. The summed E-state index contributed by atoms with van der Waals surface area (Å²) in [5.74, 6) is 0.432. The molecule has 37 heavy (non-hydrogen) atoms. The summed E-state index contributed by atoms with van der Waals surface area (Å²) in [5, 5.41) is 3.59. The summed E-state index contributed by atoms with van der Waals surface area (Å²) in [4.78, 5) is 32.7. The molecular formula is C29H24ClN3O3S. The van der Waals surface area contributed by atoms with Crippen LogP contribution in [0, 0.1) is 6.92 Å². The van der Waals surface area contributed by atoms with E-state index < -0.39 is 6.04 Å². The number of thiazole rings is 1. The van der Waals surface area contributed by atoms with Gasteiger partial charge >= 0.3 is 0 Å². The Hall–Kier alpha value is -3.94. The fourth-order valence-electron chi connectivity index (χ4n) is 4.33. The second-order valence-electron chi connectivity index (χ2n) is 8.68. The lowest BCUT2D eigenvalue weighted by Crippen LogP contribution is -2.40. The largest absolute Gasteiger partial charge is 0.497 e. The van der Waals surface area contributed by atoms with Crippen LogP contribution in [0.2, 0.25) is 5.02 Å². The maximum absolute atomic E-state index is 13.8. The van der Waals surface area contributed by atoms with Crippen molar-refractivity contribution in [3.05, 3.63) is 125 Å². The third-order valence-electron chi connectivity index (χ3n) is 6.26. The topological polar surface area (TPSA) is 72.7 Å². The zero-order valence-corrected chi connectivity index (χ0v) is 22.1. The predicted octanol–water partition coefficient (Wildman–Crippen LogP) is 4.84. The van der Waals surface area contributed by atoms with E-state index in [0.29, 0.717) is 31.3 Å². The molecule has 8 heteroatoms. The molecule has 0 saturated heterocycles. The number of para-hydroxylation sites is 1. The van der Waals surface area contributed by atoms with Gasteiger partial charge in [0.25, 0.3) is 11.5 Å². The van der Waals surface area contributed by atoms with E-state index in [1.807, 2.05) is 73.7 Å². The fraction of sp³-hybridized carbons (Fsp3) is 0.138. The van der Waals surface area contributed by atoms with Crippen LogP contribution in [0.4, 0.5) is 5.69 Å². The first-order chi connectivity index (χ1) is 17.9. The maximum Gasteiger partial charge on any atom is 0.271 e. The summed E-state index contributed by atoms with van der Waals surface area (Å²) in [6.45, 7) is 3.73. The minimum atomic E-state index is -0.657. The van der Waals surface area contributed by atoms with Gasteiger partial charge in [0.05, 0.1) is 29.0 Å². The van der Waals surface area contributed by atoms with Crippen molar-refractivity contribution < 1.29 is 9.53 Å². The molecule has 5 rings (SSSR count). The molecule has 4 aromatic rings. The van der Waals surface area contributed by atoms with Crippen molar-refractivity contribution in [3.8, 4) is 5.75 Å². The number of aromatic nitrogens is 1. The first kappa shape index (κ1) is 24.7. The molecule has 3 aromatic carbocycles. The van der Waals surface area contributed by atoms with Gasteiger partial charge < -0.3 is 10.1 Å². The number of fused-ring (bicyclic) bond motifs is 1. The third-order valence-corrected chi connectivity index (χ3v) is 7.49. The highest BCUT2D eigenvalue weighted by Crippen LogP contribution is 2.31. The molecule has 0 bridgehead atoms. The number of ether oxygens (including phenoxy) is 1.